The molecule has 4 nitrogen and oxygen atoms in total. The van der Waals surface area contributed by atoms with Crippen LogP contribution in [0.15, 0.2) is 0 Å². The number of aryl methyl sites for hydroxylation is 1. The van der Waals surface area contributed by atoms with E-state index in [9.17, 15) is 5.11 Å². The zero-order valence-corrected chi connectivity index (χ0v) is 13.8. The fourth-order valence-corrected chi connectivity index (χ4v) is 3.72. The molecular weight excluding hydrogens is 294 g/mol. The Kier molecular flexibility index (Phi) is 5.15. The van der Waals surface area contributed by atoms with Crippen LogP contribution in [-0.4, -0.2) is 38.2 Å². The van der Waals surface area contributed by atoms with E-state index in [1.165, 1.54) is 0 Å². The zero-order chi connectivity index (χ0) is 14.8. The van der Waals surface area contributed by atoms with Gasteiger partial charge in [-0.05, 0) is 25.5 Å². The Balaban J connectivity index is 2.05. The topological polar surface area (TPSA) is 58.0 Å². The van der Waals surface area contributed by atoms with E-state index < -0.39 is 5.60 Å². The molecule has 0 radical (unpaired) electrons. The van der Waals surface area contributed by atoms with Gasteiger partial charge >= 0.3 is 0 Å². The van der Waals surface area contributed by atoms with E-state index >= 15 is 0 Å². The van der Waals surface area contributed by atoms with E-state index in [4.69, 9.17) is 11.6 Å². The molecule has 1 aromatic rings. The molecule has 2 N–H and O–H groups in total. The van der Waals surface area contributed by atoms with Crippen LogP contribution in [0.3, 0.4) is 0 Å². The highest BCUT2D eigenvalue weighted by atomic mass is 35.5. The SMILES string of the molecule is CCSC1CCC1(O)CNc1nc(CC)nc(Cl)c1C. The van der Waals surface area contributed by atoms with Crippen molar-refractivity contribution in [3.05, 3.63) is 16.5 Å². The second kappa shape index (κ2) is 6.50. The Morgan fingerprint density at radius 3 is 2.75 bits per heavy atom. The van der Waals surface area contributed by atoms with Crippen molar-refractivity contribution in [1.82, 2.24) is 9.97 Å². The van der Waals surface area contributed by atoms with E-state index in [0.29, 0.717) is 16.9 Å². The highest BCUT2D eigenvalue weighted by Crippen LogP contribution is 2.41. The molecule has 1 aliphatic carbocycles. The van der Waals surface area contributed by atoms with Crippen LogP contribution in [-0.2, 0) is 6.42 Å². The molecule has 20 heavy (non-hydrogen) atoms. The van der Waals surface area contributed by atoms with E-state index in [1.54, 1.807) is 0 Å². The quantitative estimate of drug-likeness (QED) is 0.790. The molecule has 1 aliphatic rings. The Morgan fingerprint density at radius 1 is 1.45 bits per heavy atom. The van der Waals surface area contributed by atoms with Gasteiger partial charge < -0.3 is 10.4 Å². The number of halogens is 1. The fourth-order valence-electron chi connectivity index (χ4n) is 2.34. The maximum atomic E-state index is 10.6. The molecule has 1 aromatic heterocycles. The van der Waals surface area contributed by atoms with Crippen LogP contribution in [0.25, 0.3) is 0 Å². The lowest BCUT2D eigenvalue weighted by molar-refractivity contribution is -0.0120. The Morgan fingerprint density at radius 2 is 2.20 bits per heavy atom. The summed E-state index contributed by atoms with van der Waals surface area (Å²) in [5.41, 5.74) is 0.211. The summed E-state index contributed by atoms with van der Waals surface area (Å²) < 4.78 is 0. The molecule has 1 saturated carbocycles. The van der Waals surface area contributed by atoms with Crippen LogP contribution in [0.1, 0.15) is 38.1 Å². The van der Waals surface area contributed by atoms with Crippen LogP contribution < -0.4 is 5.32 Å². The van der Waals surface area contributed by atoms with E-state index in [-0.39, 0.29) is 0 Å². The number of hydrogen-bond donors (Lipinski definition) is 2. The van der Waals surface area contributed by atoms with Gasteiger partial charge in [0, 0.05) is 23.8 Å². The second-order valence-corrected chi connectivity index (χ2v) is 7.04. The first-order valence-electron chi connectivity index (χ1n) is 7.11. The molecular formula is C14H22ClN3OS. The number of aromatic nitrogens is 2. The van der Waals surface area contributed by atoms with Crippen LogP contribution in [0.4, 0.5) is 5.82 Å². The van der Waals surface area contributed by atoms with Gasteiger partial charge in [-0.1, -0.05) is 25.4 Å². The number of nitrogens with one attached hydrogen (secondary N) is 1. The Labute approximate surface area is 129 Å². The molecule has 0 saturated heterocycles. The molecule has 0 amide bonds. The summed E-state index contributed by atoms with van der Waals surface area (Å²) in [6, 6.07) is 0. The first kappa shape index (κ1) is 15.9. The van der Waals surface area contributed by atoms with Gasteiger partial charge in [0.25, 0.3) is 0 Å². The molecule has 1 fully saturated rings. The normalized spacial score (nSPS) is 25.4. The summed E-state index contributed by atoms with van der Waals surface area (Å²) in [4.78, 5) is 8.68. The van der Waals surface area contributed by atoms with E-state index in [0.717, 1.165) is 42.2 Å². The minimum absolute atomic E-state index is 0.322. The summed E-state index contributed by atoms with van der Waals surface area (Å²) in [5.74, 6) is 2.50. The third kappa shape index (κ3) is 3.21. The minimum Gasteiger partial charge on any atom is -0.387 e. The molecule has 2 unspecified atom stereocenters. The molecule has 0 aromatic carbocycles. The number of rotatable bonds is 6. The van der Waals surface area contributed by atoms with Gasteiger partial charge in [-0.2, -0.15) is 11.8 Å². The lowest BCUT2D eigenvalue weighted by Gasteiger charge is -2.45. The molecule has 6 heteroatoms. The third-order valence-corrected chi connectivity index (χ3v) is 5.60. The Bertz CT molecular complexity index is 486. The first-order chi connectivity index (χ1) is 9.50. The van der Waals surface area contributed by atoms with Crippen LogP contribution in [0, 0.1) is 6.92 Å². The average Bonchev–Trinajstić information content (AvgIpc) is 2.44. The van der Waals surface area contributed by atoms with Gasteiger partial charge in [0.1, 0.15) is 16.8 Å². The van der Waals surface area contributed by atoms with Crippen molar-refractivity contribution in [3.8, 4) is 0 Å². The van der Waals surface area contributed by atoms with Crippen molar-refractivity contribution in [2.75, 3.05) is 17.6 Å². The standard InChI is InChI=1S/C14H22ClN3OS/c1-4-11-17-12(15)9(3)13(18-11)16-8-14(19)7-6-10(14)20-5-2/h10,19H,4-8H2,1-3H3,(H,16,17,18). The molecule has 2 atom stereocenters. The molecule has 1 heterocycles. The van der Waals surface area contributed by atoms with Gasteiger partial charge in [0.15, 0.2) is 0 Å². The van der Waals surface area contributed by atoms with E-state index in [2.05, 4.69) is 22.2 Å². The van der Waals surface area contributed by atoms with Crippen molar-refractivity contribution in [1.29, 1.82) is 0 Å². The maximum absolute atomic E-state index is 10.6. The largest absolute Gasteiger partial charge is 0.387 e. The Hall–Kier alpha value is -0.520. The number of anilines is 1. The van der Waals surface area contributed by atoms with Gasteiger partial charge in [-0.15, -0.1) is 0 Å². The lowest BCUT2D eigenvalue weighted by Crippen LogP contribution is -2.54. The molecule has 0 spiro atoms. The summed E-state index contributed by atoms with van der Waals surface area (Å²) in [5, 5.41) is 14.7. The average molecular weight is 316 g/mol. The summed E-state index contributed by atoms with van der Waals surface area (Å²) in [6.07, 6.45) is 2.67. The van der Waals surface area contributed by atoms with Crippen molar-refractivity contribution in [2.45, 2.75) is 50.9 Å². The smallest absolute Gasteiger partial charge is 0.137 e. The number of hydrogen-bond acceptors (Lipinski definition) is 5. The monoisotopic (exact) mass is 315 g/mol. The summed E-state index contributed by atoms with van der Waals surface area (Å²) in [6.45, 7) is 6.53. The molecule has 0 bridgehead atoms. The van der Waals surface area contributed by atoms with Gasteiger partial charge in [-0.25, -0.2) is 9.97 Å². The van der Waals surface area contributed by atoms with Crippen LogP contribution in [0.2, 0.25) is 5.15 Å². The predicted molar refractivity (Wildman–Crippen MR) is 85.8 cm³/mol. The number of nitrogens with zero attached hydrogens (tertiary/aromatic N) is 2. The number of aliphatic hydroxyl groups is 1. The van der Waals surface area contributed by atoms with E-state index in [1.807, 2.05) is 25.6 Å². The minimum atomic E-state index is -0.628. The summed E-state index contributed by atoms with van der Waals surface area (Å²) >= 11 is 7.94. The van der Waals surface area contributed by atoms with Crippen molar-refractivity contribution in [2.24, 2.45) is 0 Å². The van der Waals surface area contributed by atoms with Crippen LogP contribution in [0.5, 0.6) is 0 Å². The van der Waals surface area contributed by atoms with Crippen molar-refractivity contribution in [3.63, 3.8) is 0 Å². The first-order valence-corrected chi connectivity index (χ1v) is 8.53. The van der Waals surface area contributed by atoms with Gasteiger partial charge in [0.05, 0.1) is 5.60 Å². The number of thioether (sulfide) groups is 1. The van der Waals surface area contributed by atoms with Gasteiger partial charge in [-0.3, -0.25) is 0 Å². The van der Waals surface area contributed by atoms with Crippen LogP contribution >= 0.6 is 23.4 Å². The van der Waals surface area contributed by atoms with Crippen molar-refractivity contribution >= 4 is 29.2 Å². The summed E-state index contributed by atoms with van der Waals surface area (Å²) in [7, 11) is 0. The lowest BCUT2D eigenvalue weighted by atomic mass is 9.79. The maximum Gasteiger partial charge on any atom is 0.137 e. The molecule has 2 rings (SSSR count). The zero-order valence-electron chi connectivity index (χ0n) is 12.2. The van der Waals surface area contributed by atoms with Gasteiger partial charge in [0.2, 0.25) is 0 Å². The molecule has 0 aliphatic heterocycles. The predicted octanol–water partition coefficient (Wildman–Crippen LogP) is 3.06. The third-order valence-electron chi connectivity index (χ3n) is 3.82. The van der Waals surface area contributed by atoms with Crippen molar-refractivity contribution < 1.29 is 5.11 Å². The fraction of sp³-hybridized carbons (Fsp3) is 0.714. The highest BCUT2D eigenvalue weighted by molar-refractivity contribution is 8.00. The molecule has 112 valence electrons. The highest BCUT2D eigenvalue weighted by Gasteiger charge is 2.45. The second-order valence-electron chi connectivity index (χ2n) is 5.20.